The summed E-state index contributed by atoms with van der Waals surface area (Å²) < 4.78 is 8.15. The van der Waals surface area contributed by atoms with Gasteiger partial charge < -0.3 is 9.42 Å². The number of aryl methyl sites for hydroxylation is 1. The van der Waals surface area contributed by atoms with Crippen LogP contribution in [0.2, 0.25) is 0 Å². The van der Waals surface area contributed by atoms with Crippen LogP contribution in [0, 0.1) is 6.92 Å². The molecule has 0 atom stereocenters. The molecule has 0 saturated heterocycles. The van der Waals surface area contributed by atoms with Crippen LogP contribution in [0.25, 0.3) is 0 Å². The minimum absolute atomic E-state index is 0.0974. The van der Waals surface area contributed by atoms with Crippen molar-refractivity contribution < 1.29 is 9.32 Å². The van der Waals surface area contributed by atoms with E-state index in [1.54, 1.807) is 4.90 Å². The van der Waals surface area contributed by atoms with Crippen molar-refractivity contribution in [3.63, 3.8) is 0 Å². The number of aromatic nitrogens is 5. The Balaban J connectivity index is 1.33. The van der Waals surface area contributed by atoms with E-state index in [2.05, 4.69) is 21.3 Å². The minimum atomic E-state index is -0.317. The molecule has 3 heterocycles. The Morgan fingerprint density at radius 1 is 1.10 bits per heavy atom. The number of nitrogens with zero attached hydrogens (tertiary/aromatic N) is 6. The number of hydrogen-bond donors (Lipinski definition) is 0. The second-order valence-electron chi connectivity index (χ2n) is 8.52. The summed E-state index contributed by atoms with van der Waals surface area (Å²) in [5, 5.41) is 8.35. The van der Waals surface area contributed by atoms with Crippen molar-refractivity contribution >= 4 is 5.91 Å². The van der Waals surface area contributed by atoms with Gasteiger partial charge in [-0.1, -0.05) is 54.2 Å². The van der Waals surface area contributed by atoms with Gasteiger partial charge in [-0.25, -0.2) is 9.48 Å². The topological polar surface area (TPSA) is 99.0 Å². The highest BCUT2D eigenvalue weighted by Gasteiger charge is 2.30. The van der Waals surface area contributed by atoms with Gasteiger partial charge in [0.1, 0.15) is 6.54 Å². The number of amides is 1. The predicted octanol–water partition coefficient (Wildman–Crippen LogP) is 2.49. The molecule has 2 aliphatic rings. The zero-order valence-electron chi connectivity index (χ0n) is 17.7. The van der Waals surface area contributed by atoms with Gasteiger partial charge in [-0.3, -0.25) is 9.36 Å². The maximum Gasteiger partial charge on any atom is 0.346 e. The lowest BCUT2D eigenvalue weighted by Crippen LogP contribution is -2.42. The summed E-state index contributed by atoms with van der Waals surface area (Å²) in [5.41, 5.74) is 1.89. The second-order valence-corrected chi connectivity index (χ2v) is 8.52. The average Bonchev–Trinajstić information content (AvgIpc) is 3.37. The summed E-state index contributed by atoms with van der Waals surface area (Å²) in [5.74, 6) is 1.30. The molecule has 2 aromatic heterocycles. The standard InChI is InChI=1S/C22H26N6O3/c1-15-6-5-7-16(12-15)13-26-10-11-27-19(21(26)29)24-28(22(27)30)14-18-23-20(31-25-18)17-8-3-2-4-9-17/h5-7,12,17H,2-4,8-11,13-14H2,1H3. The lowest BCUT2D eigenvalue weighted by atomic mass is 9.89. The van der Waals surface area contributed by atoms with Crippen LogP contribution in [0.3, 0.4) is 0 Å². The zero-order chi connectivity index (χ0) is 21.4. The summed E-state index contributed by atoms with van der Waals surface area (Å²) >= 11 is 0. The molecule has 1 saturated carbocycles. The van der Waals surface area contributed by atoms with Crippen molar-refractivity contribution in [1.82, 2.24) is 29.4 Å². The van der Waals surface area contributed by atoms with Crippen LogP contribution >= 0.6 is 0 Å². The fourth-order valence-electron chi connectivity index (χ4n) is 4.53. The monoisotopic (exact) mass is 422 g/mol. The van der Waals surface area contributed by atoms with Gasteiger partial charge in [0.15, 0.2) is 5.82 Å². The van der Waals surface area contributed by atoms with Crippen molar-refractivity contribution in [1.29, 1.82) is 0 Å². The Morgan fingerprint density at radius 2 is 1.94 bits per heavy atom. The fraction of sp³-hybridized carbons (Fsp3) is 0.500. The highest BCUT2D eigenvalue weighted by Crippen LogP contribution is 2.31. The molecule has 0 radical (unpaired) electrons. The van der Waals surface area contributed by atoms with Crippen LogP contribution in [0.4, 0.5) is 0 Å². The maximum absolute atomic E-state index is 13.0. The molecule has 1 aromatic carbocycles. The number of fused-ring (bicyclic) bond motifs is 1. The van der Waals surface area contributed by atoms with Gasteiger partial charge in [0.25, 0.3) is 5.91 Å². The Kier molecular flexibility index (Phi) is 5.17. The van der Waals surface area contributed by atoms with Gasteiger partial charge in [0, 0.05) is 25.6 Å². The van der Waals surface area contributed by atoms with Gasteiger partial charge in [-0.05, 0) is 25.3 Å². The fourth-order valence-corrected chi connectivity index (χ4v) is 4.53. The molecular formula is C22H26N6O3. The number of hydrogen-bond acceptors (Lipinski definition) is 6. The molecule has 0 spiro atoms. The molecule has 5 rings (SSSR count). The minimum Gasteiger partial charge on any atom is -0.339 e. The molecule has 1 aliphatic carbocycles. The first-order valence-electron chi connectivity index (χ1n) is 10.9. The molecule has 1 amide bonds. The lowest BCUT2D eigenvalue weighted by molar-refractivity contribution is 0.0681. The van der Waals surface area contributed by atoms with Gasteiger partial charge in [-0.2, -0.15) is 4.98 Å². The molecule has 31 heavy (non-hydrogen) atoms. The Bertz CT molecular complexity index is 1150. The van der Waals surface area contributed by atoms with Gasteiger partial charge in [0.2, 0.25) is 11.7 Å². The predicted molar refractivity (Wildman–Crippen MR) is 112 cm³/mol. The first kappa shape index (κ1) is 19.7. The third kappa shape index (κ3) is 3.92. The smallest absolute Gasteiger partial charge is 0.339 e. The molecule has 9 heteroatoms. The highest BCUT2D eigenvalue weighted by atomic mass is 16.5. The Morgan fingerprint density at radius 3 is 2.74 bits per heavy atom. The van der Waals surface area contributed by atoms with Gasteiger partial charge in [0.05, 0.1) is 0 Å². The van der Waals surface area contributed by atoms with Crippen LogP contribution in [-0.4, -0.2) is 41.8 Å². The number of benzene rings is 1. The van der Waals surface area contributed by atoms with E-state index >= 15 is 0 Å². The summed E-state index contributed by atoms with van der Waals surface area (Å²) in [6.07, 6.45) is 5.73. The summed E-state index contributed by atoms with van der Waals surface area (Å²) in [6, 6.07) is 8.07. The third-order valence-corrected chi connectivity index (χ3v) is 6.18. The zero-order valence-corrected chi connectivity index (χ0v) is 17.7. The normalized spacial score (nSPS) is 17.2. The first-order chi connectivity index (χ1) is 15.1. The lowest BCUT2D eigenvalue weighted by Gasteiger charge is -2.26. The SMILES string of the molecule is Cc1cccc(CN2CCn3c(nn(Cc4noc(C5CCCCC5)n4)c3=O)C2=O)c1. The number of carbonyl (C=O) groups excluding carboxylic acids is 1. The first-order valence-corrected chi connectivity index (χ1v) is 10.9. The van der Waals surface area contributed by atoms with E-state index in [9.17, 15) is 9.59 Å². The number of rotatable bonds is 5. The van der Waals surface area contributed by atoms with Crippen molar-refractivity contribution in [2.24, 2.45) is 0 Å². The molecule has 1 aliphatic heterocycles. The van der Waals surface area contributed by atoms with E-state index in [1.165, 1.54) is 28.5 Å². The van der Waals surface area contributed by atoms with E-state index in [4.69, 9.17) is 4.52 Å². The molecule has 162 valence electrons. The van der Waals surface area contributed by atoms with Crippen molar-refractivity contribution in [2.45, 2.75) is 64.6 Å². The number of carbonyl (C=O) groups is 1. The van der Waals surface area contributed by atoms with Crippen LogP contribution in [0.1, 0.15) is 71.5 Å². The second kappa shape index (κ2) is 8.13. The Labute approximate surface area is 179 Å². The summed E-state index contributed by atoms with van der Waals surface area (Å²) in [4.78, 5) is 32.0. The maximum atomic E-state index is 13.0. The summed E-state index contributed by atoms with van der Waals surface area (Å²) in [6.45, 7) is 3.51. The van der Waals surface area contributed by atoms with Crippen LogP contribution < -0.4 is 5.69 Å². The van der Waals surface area contributed by atoms with Crippen molar-refractivity contribution in [3.05, 3.63) is 63.4 Å². The van der Waals surface area contributed by atoms with Crippen molar-refractivity contribution in [2.75, 3.05) is 6.54 Å². The average molecular weight is 422 g/mol. The molecule has 0 bridgehead atoms. The van der Waals surface area contributed by atoms with E-state index in [0.29, 0.717) is 37.3 Å². The quantitative estimate of drug-likeness (QED) is 0.626. The van der Waals surface area contributed by atoms with E-state index in [1.807, 2.05) is 25.1 Å². The van der Waals surface area contributed by atoms with Crippen LogP contribution in [0.5, 0.6) is 0 Å². The highest BCUT2D eigenvalue weighted by molar-refractivity contribution is 5.91. The van der Waals surface area contributed by atoms with Gasteiger partial charge in [-0.15, -0.1) is 5.10 Å². The molecular weight excluding hydrogens is 396 g/mol. The molecule has 0 N–H and O–H groups in total. The largest absolute Gasteiger partial charge is 0.346 e. The van der Waals surface area contributed by atoms with Gasteiger partial charge >= 0.3 is 5.69 Å². The summed E-state index contributed by atoms with van der Waals surface area (Å²) in [7, 11) is 0. The third-order valence-electron chi connectivity index (χ3n) is 6.18. The van der Waals surface area contributed by atoms with E-state index in [0.717, 1.165) is 24.0 Å². The van der Waals surface area contributed by atoms with E-state index < -0.39 is 0 Å². The Hall–Kier alpha value is -3.23. The van der Waals surface area contributed by atoms with Crippen molar-refractivity contribution in [3.8, 4) is 0 Å². The molecule has 3 aromatic rings. The van der Waals surface area contributed by atoms with Crippen LogP contribution in [-0.2, 0) is 19.6 Å². The molecule has 9 nitrogen and oxygen atoms in total. The van der Waals surface area contributed by atoms with Crippen LogP contribution in [0.15, 0.2) is 33.6 Å². The van der Waals surface area contributed by atoms with E-state index in [-0.39, 0.29) is 24.0 Å². The molecule has 0 unspecified atom stereocenters. The molecule has 1 fully saturated rings.